The van der Waals surface area contributed by atoms with Crippen molar-refractivity contribution in [2.45, 2.75) is 72.8 Å². The van der Waals surface area contributed by atoms with Gasteiger partial charge in [-0.1, -0.05) is 40.7 Å². The van der Waals surface area contributed by atoms with Gasteiger partial charge >= 0.3 is 5.97 Å². The van der Waals surface area contributed by atoms with Gasteiger partial charge in [0.25, 0.3) is 0 Å². The first-order valence-electron chi connectivity index (χ1n) is 10.1. The monoisotopic (exact) mass is 330 g/mol. The molecule has 3 unspecified atom stereocenters. The van der Waals surface area contributed by atoms with Crippen molar-refractivity contribution < 1.29 is 9.53 Å². The maximum absolute atomic E-state index is 11.8. The lowest BCUT2D eigenvalue weighted by atomic mass is 9.47. The number of rotatable bonds is 1. The third-order valence-electron chi connectivity index (χ3n) is 8.65. The van der Waals surface area contributed by atoms with E-state index in [1.807, 2.05) is 0 Å². The van der Waals surface area contributed by atoms with E-state index in [9.17, 15) is 4.79 Å². The Morgan fingerprint density at radius 2 is 1.96 bits per heavy atom. The molecular weight excluding hydrogens is 296 g/mol. The molecule has 3 fully saturated rings. The number of carbonyl (C=O) groups is 1. The van der Waals surface area contributed by atoms with Gasteiger partial charge in [-0.3, -0.25) is 0 Å². The lowest BCUT2D eigenvalue weighted by Crippen LogP contribution is -2.57. The van der Waals surface area contributed by atoms with Crippen molar-refractivity contribution in [2.24, 2.45) is 46.3 Å². The summed E-state index contributed by atoms with van der Waals surface area (Å²) in [7, 11) is 0. The van der Waals surface area contributed by atoms with Crippen LogP contribution in [0.25, 0.3) is 0 Å². The summed E-state index contributed by atoms with van der Waals surface area (Å²) in [5.74, 6) is 4.59. The van der Waals surface area contributed by atoms with Crippen LogP contribution in [0.1, 0.15) is 66.7 Å². The Morgan fingerprint density at radius 3 is 2.67 bits per heavy atom. The Bertz CT molecular complexity index is 564. The SMILES string of the molecule is CC(C)C1C[C@H]2[C@@H]3C(C)CC4OC(=O)C=C[C@]4(C)[C@@H]3CC[C@]2(C)C1. The molecule has 134 valence electrons. The summed E-state index contributed by atoms with van der Waals surface area (Å²) < 4.78 is 5.78. The van der Waals surface area contributed by atoms with Gasteiger partial charge in [0.1, 0.15) is 6.10 Å². The highest BCUT2D eigenvalue weighted by atomic mass is 16.5. The number of hydrogen-bond acceptors (Lipinski definition) is 2. The van der Waals surface area contributed by atoms with Crippen LogP contribution in [-0.4, -0.2) is 12.1 Å². The molecule has 4 rings (SSSR count). The van der Waals surface area contributed by atoms with E-state index in [-0.39, 0.29) is 17.5 Å². The molecule has 1 heterocycles. The van der Waals surface area contributed by atoms with Gasteiger partial charge in [-0.05, 0) is 73.0 Å². The molecular formula is C22H34O2. The molecule has 0 bridgehead atoms. The quantitative estimate of drug-likeness (QED) is 0.615. The Labute approximate surface area is 147 Å². The molecule has 0 amide bonds. The zero-order valence-corrected chi connectivity index (χ0v) is 16.0. The smallest absolute Gasteiger partial charge is 0.330 e. The minimum Gasteiger partial charge on any atom is -0.458 e. The van der Waals surface area contributed by atoms with Gasteiger partial charge in [0.2, 0.25) is 0 Å². The molecule has 0 aromatic heterocycles. The summed E-state index contributed by atoms with van der Waals surface area (Å²) in [6.07, 6.45) is 10.6. The van der Waals surface area contributed by atoms with Gasteiger partial charge in [-0.25, -0.2) is 4.79 Å². The van der Waals surface area contributed by atoms with Crippen molar-refractivity contribution in [1.82, 2.24) is 0 Å². The van der Waals surface area contributed by atoms with Gasteiger partial charge in [0, 0.05) is 11.5 Å². The first-order chi connectivity index (χ1) is 11.2. The number of hydrogen-bond donors (Lipinski definition) is 0. The number of esters is 1. The fourth-order valence-electron chi connectivity index (χ4n) is 7.16. The van der Waals surface area contributed by atoms with Crippen LogP contribution < -0.4 is 0 Å². The molecule has 3 saturated carbocycles. The van der Waals surface area contributed by atoms with Gasteiger partial charge in [-0.15, -0.1) is 0 Å². The molecule has 1 aliphatic heterocycles. The van der Waals surface area contributed by atoms with Crippen LogP contribution in [0.2, 0.25) is 0 Å². The van der Waals surface area contributed by atoms with E-state index in [1.54, 1.807) is 6.08 Å². The molecule has 0 aromatic rings. The highest BCUT2D eigenvalue weighted by molar-refractivity contribution is 5.83. The number of fused-ring (bicyclic) bond motifs is 5. The summed E-state index contributed by atoms with van der Waals surface area (Å²) in [6.45, 7) is 12.2. The molecule has 2 nitrogen and oxygen atoms in total. The molecule has 0 N–H and O–H groups in total. The van der Waals surface area contributed by atoms with Crippen LogP contribution in [0, 0.1) is 46.3 Å². The van der Waals surface area contributed by atoms with Gasteiger partial charge in [0.15, 0.2) is 0 Å². The van der Waals surface area contributed by atoms with Crippen LogP contribution in [0.5, 0.6) is 0 Å². The third-order valence-corrected chi connectivity index (χ3v) is 8.65. The predicted molar refractivity (Wildman–Crippen MR) is 96.3 cm³/mol. The maximum Gasteiger partial charge on any atom is 0.330 e. The average Bonchev–Trinajstić information content (AvgIpc) is 2.87. The predicted octanol–water partition coefficient (Wildman–Crippen LogP) is 5.23. The molecule has 3 aliphatic carbocycles. The highest BCUT2D eigenvalue weighted by Gasteiger charge is 2.61. The van der Waals surface area contributed by atoms with Gasteiger partial charge < -0.3 is 4.74 Å². The van der Waals surface area contributed by atoms with E-state index in [2.05, 4.69) is 40.7 Å². The van der Waals surface area contributed by atoms with Crippen LogP contribution in [0.4, 0.5) is 0 Å². The normalized spacial score (nSPS) is 53.3. The second kappa shape index (κ2) is 5.35. The maximum atomic E-state index is 11.8. The minimum atomic E-state index is -0.135. The molecule has 0 saturated heterocycles. The highest BCUT2D eigenvalue weighted by Crippen LogP contribution is 2.66. The first-order valence-corrected chi connectivity index (χ1v) is 10.1. The van der Waals surface area contributed by atoms with Crippen LogP contribution >= 0.6 is 0 Å². The fourth-order valence-corrected chi connectivity index (χ4v) is 7.16. The number of ether oxygens (including phenoxy) is 1. The molecule has 8 atom stereocenters. The molecule has 2 heteroatoms. The number of carbonyl (C=O) groups excluding carboxylic acids is 1. The average molecular weight is 331 g/mol. The molecule has 0 aromatic carbocycles. The zero-order chi connectivity index (χ0) is 17.3. The zero-order valence-electron chi connectivity index (χ0n) is 16.0. The van der Waals surface area contributed by atoms with E-state index >= 15 is 0 Å². The molecule has 24 heavy (non-hydrogen) atoms. The molecule has 4 aliphatic rings. The van der Waals surface area contributed by atoms with Crippen LogP contribution in [0.3, 0.4) is 0 Å². The van der Waals surface area contributed by atoms with Crippen molar-refractivity contribution >= 4 is 5.97 Å². The van der Waals surface area contributed by atoms with Crippen LogP contribution in [0.15, 0.2) is 12.2 Å². The summed E-state index contributed by atoms with van der Waals surface area (Å²) >= 11 is 0. The van der Waals surface area contributed by atoms with Crippen molar-refractivity contribution in [2.75, 3.05) is 0 Å². The molecule has 0 radical (unpaired) electrons. The lowest BCUT2D eigenvalue weighted by molar-refractivity contribution is -0.173. The van der Waals surface area contributed by atoms with Crippen LogP contribution in [-0.2, 0) is 9.53 Å². The van der Waals surface area contributed by atoms with E-state index in [0.717, 1.165) is 30.1 Å². The van der Waals surface area contributed by atoms with E-state index in [4.69, 9.17) is 4.74 Å². The fraction of sp³-hybridized carbons (Fsp3) is 0.864. The molecule has 0 spiro atoms. The topological polar surface area (TPSA) is 26.3 Å². The Hall–Kier alpha value is -0.790. The second-order valence-corrected chi connectivity index (χ2v) is 10.3. The van der Waals surface area contributed by atoms with Crippen molar-refractivity contribution in [3.63, 3.8) is 0 Å². The summed E-state index contributed by atoms with van der Waals surface area (Å²) in [5, 5.41) is 0. The van der Waals surface area contributed by atoms with Gasteiger partial charge in [0.05, 0.1) is 0 Å². The Morgan fingerprint density at radius 1 is 1.21 bits per heavy atom. The van der Waals surface area contributed by atoms with Crippen molar-refractivity contribution in [1.29, 1.82) is 0 Å². The largest absolute Gasteiger partial charge is 0.458 e. The lowest BCUT2D eigenvalue weighted by Gasteiger charge is -2.59. The second-order valence-electron chi connectivity index (χ2n) is 10.3. The Kier molecular flexibility index (Phi) is 3.72. The van der Waals surface area contributed by atoms with Gasteiger partial charge in [-0.2, -0.15) is 0 Å². The van der Waals surface area contributed by atoms with E-state index in [1.165, 1.54) is 25.7 Å². The summed E-state index contributed by atoms with van der Waals surface area (Å²) in [6, 6.07) is 0. The van der Waals surface area contributed by atoms with E-state index < -0.39 is 0 Å². The van der Waals surface area contributed by atoms with Crippen molar-refractivity contribution in [3.8, 4) is 0 Å². The standard InChI is InChI=1S/C22H34O2/c1-13(2)15-11-17-20-14(3)10-18-22(5,9-7-19(23)24-18)16(20)6-8-21(17,4)12-15/h7,9,13-18,20H,6,8,10-12H2,1-5H3/t14?,15?,16-,17+,18?,20-,21-,22-/m1/s1. The van der Waals surface area contributed by atoms with Crippen molar-refractivity contribution in [3.05, 3.63) is 12.2 Å². The third kappa shape index (κ3) is 2.24. The summed E-state index contributed by atoms with van der Waals surface area (Å²) in [4.78, 5) is 11.8. The Balaban J connectivity index is 1.69. The van der Waals surface area contributed by atoms with E-state index in [0.29, 0.717) is 17.3 Å². The minimum absolute atomic E-state index is 0.0579. The summed E-state index contributed by atoms with van der Waals surface area (Å²) in [5.41, 5.74) is 0.602. The first kappa shape index (κ1) is 16.7.